The summed E-state index contributed by atoms with van der Waals surface area (Å²) >= 11 is 1.82. The molecule has 112 valence electrons. The molecule has 1 atom stereocenters. The third-order valence-corrected chi connectivity index (χ3v) is 6.26. The van der Waals surface area contributed by atoms with Crippen molar-refractivity contribution in [3.05, 3.63) is 22.4 Å². The van der Waals surface area contributed by atoms with E-state index in [1.54, 1.807) is 0 Å². The first-order valence-corrected chi connectivity index (χ1v) is 9.15. The van der Waals surface area contributed by atoms with Gasteiger partial charge in [0.2, 0.25) is 0 Å². The SMILES string of the molecule is OC(CCc1cccs1)C1(N2CCCCC2)CCCC1. The minimum Gasteiger partial charge on any atom is -0.391 e. The molecule has 2 heterocycles. The predicted octanol–water partition coefficient (Wildman–Crippen LogP) is 3.84. The van der Waals surface area contributed by atoms with Gasteiger partial charge in [0, 0.05) is 10.4 Å². The molecule has 2 aliphatic rings. The summed E-state index contributed by atoms with van der Waals surface area (Å²) in [5.74, 6) is 0. The fraction of sp³-hybridized carbons (Fsp3) is 0.765. The highest BCUT2D eigenvalue weighted by Crippen LogP contribution is 2.41. The lowest BCUT2D eigenvalue weighted by Crippen LogP contribution is -2.56. The predicted molar refractivity (Wildman–Crippen MR) is 85.3 cm³/mol. The number of aliphatic hydroxyl groups excluding tert-OH is 1. The van der Waals surface area contributed by atoms with Crippen molar-refractivity contribution < 1.29 is 5.11 Å². The average Bonchev–Trinajstić information content (AvgIpc) is 3.18. The highest BCUT2D eigenvalue weighted by atomic mass is 32.1. The van der Waals surface area contributed by atoms with Crippen LogP contribution in [0, 0.1) is 0 Å². The van der Waals surface area contributed by atoms with Crippen molar-refractivity contribution in [2.75, 3.05) is 13.1 Å². The molecule has 1 unspecified atom stereocenters. The maximum atomic E-state index is 10.9. The number of rotatable bonds is 5. The van der Waals surface area contributed by atoms with Gasteiger partial charge >= 0.3 is 0 Å². The second kappa shape index (κ2) is 6.59. The van der Waals surface area contributed by atoms with Gasteiger partial charge in [-0.1, -0.05) is 25.3 Å². The van der Waals surface area contributed by atoms with Gasteiger partial charge in [0.15, 0.2) is 0 Å². The Hall–Kier alpha value is -0.380. The molecule has 3 rings (SSSR count). The molecule has 2 fully saturated rings. The molecule has 1 aromatic heterocycles. The van der Waals surface area contributed by atoms with E-state index in [1.165, 1.54) is 62.9 Å². The molecule has 0 aromatic carbocycles. The van der Waals surface area contributed by atoms with Gasteiger partial charge in [0.25, 0.3) is 0 Å². The normalized spacial score (nSPS) is 24.9. The van der Waals surface area contributed by atoms with Crippen LogP contribution in [0.2, 0.25) is 0 Å². The Labute approximate surface area is 126 Å². The van der Waals surface area contributed by atoms with E-state index in [0.717, 1.165) is 12.8 Å². The summed E-state index contributed by atoms with van der Waals surface area (Å²) in [4.78, 5) is 4.05. The number of aryl methyl sites for hydroxylation is 1. The summed E-state index contributed by atoms with van der Waals surface area (Å²) in [6.45, 7) is 2.41. The van der Waals surface area contributed by atoms with Gasteiger partial charge in [-0.25, -0.2) is 0 Å². The summed E-state index contributed by atoms with van der Waals surface area (Å²) in [7, 11) is 0. The molecular formula is C17H27NOS. The molecular weight excluding hydrogens is 266 g/mol. The molecule has 1 saturated carbocycles. The van der Waals surface area contributed by atoms with Crippen LogP contribution in [0.4, 0.5) is 0 Å². The van der Waals surface area contributed by atoms with Gasteiger partial charge in [-0.2, -0.15) is 0 Å². The Bertz CT molecular complexity index is 391. The quantitative estimate of drug-likeness (QED) is 0.891. The highest BCUT2D eigenvalue weighted by molar-refractivity contribution is 7.09. The summed E-state index contributed by atoms with van der Waals surface area (Å²) < 4.78 is 0. The van der Waals surface area contributed by atoms with Crippen molar-refractivity contribution in [3.8, 4) is 0 Å². The van der Waals surface area contributed by atoms with E-state index >= 15 is 0 Å². The van der Waals surface area contributed by atoms with E-state index in [4.69, 9.17) is 0 Å². The van der Waals surface area contributed by atoms with E-state index in [2.05, 4.69) is 22.4 Å². The summed E-state index contributed by atoms with van der Waals surface area (Å²) in [5.41, 5.74) is 0.109. The fourth-order valence-electron chi connectivity index (χ4n) is 4.19. The van der Waals surface area contributed by atoms with E-state index < -0.39 is 0 Å². The number of likely N-dealkylation sites (tertiary alicyclic amines) is 1. The standard InChI is InChI=1S/C17H27NOS/c19-16(9-8-15-7-6-14-20-15)17(10-2-3-11-17)18-12-4-1-5-13-18/h6-7,14,16,19H,1-5,8-13H2. The number of hydrogen-bond acceptors (Lipinski definition) is 3. The Morgan fingerprint density at radius 2 is 1.90 bits per heavy atom. The second-order valence-electron chi connectivity index (χ2n) is 6.49. The van der Waals surface area contributed by atoms with Crippen molar-refractivity contribution in [2.45, 2.75) is 69.4 Å². The molecule has 3 heteroatoms. The molecule has 1 N–H and O–H groups in total. The fourth-order valence-corrected chi connectivity index (χ4v) is 4.91. The molecule has 1 aromatic rings. The molecule has 20 heavy (non-hydrogen) atoms. The molecule has 2 nitrogen and oxygen atoms in total. The zero-order chi connectivity index (χ0) is 13.8. The number of thiophene rings is 1. The minimum absolute atomic E-state index is 0.109. The number of nitrogens with zero attached hydrogens (tertiary/aromatic N) is 1. The van der Waals surface area contributed by atoms with Crippen LogP contribution in [-0.2, 0) is 6.42 Å². The molecule has 0 bridgehead atoms. The van der Waals surface area contributed by atoms with Crippen LogP contribution in [0.1, 0.15) is 56.2 Å². The van der Waals surface area contributed by atoms with Gasteiger partial charge in [-0.3, -0.25) is 4.90 Å². The van der Waals surface area contributed by atoms with Crippen molar-refractivity contribution in [2.24, 2.45) is 0 Å². The van der Waals surface area contributed by atoms with Crippen molar-refractivity contribution in [1.82, 2.24) is 4.90 Å². The third-order valence-electron chi connectivity index (χ3n) is 5.32. The first kappa shape index (κ1) is 14.6. The van der Waals surface area contributed by atoms with Gasteiger partial charge in [0.05, 0.1) is 6.10 Å². The molecule has 1 aliphatic carbocycles. The Morgan fingerprint density at radius 3 is 2.55 bits per heavy atom. The Balaban J connectivity index is 1.65. The van der Waals surface area contributed by atoms with Crippen LogP contribution in [0.5, 0.6) is 0 Å². The van der Waals surface area contributed by atoms with Crippen LogP contribution in [-0.4, -0.2) is 34.7 Å². The zero-order valence-corrected chi connectivity index (χ0v) is 13.2. The first-order valence-electron chi connectivity index (χ1n) is 8.27. The monoisotopic (exact) mass is 293 g/mol. The summed E-state index contributed by atoms with van der Waals surface area (Å²) in [6, 6.07) is 4.31. The van der Waals surface area contributed by atoms with Crippen LogP contribution >= 0.6 is 11.3 Å². The molecule has 0 radical (unpaired) electrons. The lowest BCUT2D eigenvalue weighted by molar-refractivity contribution is -0.0418. The maximum absolute atomic E-state index is 10.9. The number of hydrogen-bond donors (Lipinski definition) is 1. The van der Waals surface area contributed by atoms with Gasteiger partial charge in [-0.05, 0) is 63.1 Å². The summed E-state index contributed by atoms with van der Waals surface area (Å²) in [6.07, 6.45) is 10.8. The average molecular weight is 293 g/mol. The minimum atomic E-state index is -0.148. The maximum Gasteiger partial charge on any atom is 0.0727 e. The second-order valence-corrected chi connectivity index (χ2v) is 7.52. The van der Waals surface area contributed by atoms with Crippen molar-refractivity contribution in [3.63, 3.8) is 0 Å². The van der Waals surface area contributed by atoms with Crippen molar-refractivity contribution >= 4 is 11.3 Å². The van der Waals surface area contributed by atoms with Gasteiger partial charge in [-0.15, -0.1) is 11.3 Å². The van der Waals surface area contributed by atoms with E-state index in [0.29, 0.717) is 0 Å². The van der Waals surface area contributed by atoms with Crippen LogP contribution < -0.4 is 0 Å². The van der Waals surface area contributed by atoms with Gasteiger partial charge < -0.3 is 5.11 Å². The molecule has 0 amide bonds. The molecule has 0 spiro atoms. The van der Waals surface area contributed by atoms with Gasteiger partial charge in [0.1, 0.15) is 0 Å². The summed E-state index contributed by atoms with van der Waals surface area (Å²) in [5, 5.41) is 13.1. The van der Waals surface area contributed by atoms with Crippen LogP contribution in [0.25, 0.3) is 0 Å². The zero-order valence-electron chi connectivity index (χ0n) is 12.4. The first-order chi connectivity index (χ1) is 9.81. The van der Waals surface area contributed by atoms with Crippen LogP contribution in [0.3, 0.4) is 0 Å². The van der Waals surface area contributed by atoms with E-state index in [-0.39, 0.29) is 11.6 Å². The Morgan fingerprint density at radius 1 is 1.15 bits per heavy atom. The number of aliphatic hydroxyl groups is 1. The smallest absolute Gasteiger partial charge is 0.0727 e. The largest absolute Gasteiger partial charge is 0.391 e. The topological polar surface area (TPSA) is 23.5 Å². The third kappa shape index (κ3) is 2.95. The van der Waals surface area contributed by atoms with E-state index in [9.17, 15) is 5.11 Å². The van der Waals surface area contributed by atoms with Crippen molar-refractivity contribution in [1.29, 1.82) is 0 Å². The molecule has 1 aliphatic heterocycles. The van der Waals surface area contributed by atoms with E-state index in [1.807, 2.05) is 11.3 Å². The lowest BCUT2D eigenvalue weighted by Gasteiger charge is -2.46. The number of piperidine rings is 1. The highest BCUT2D eigenvalue weighted by Gasteiger charge is 2.45. The lowest BCUT2D eigenvalue weighted by atomic mass is 9.84. The molecule has 1 saturated heterocycles. The Kier molecular flexibility index (Phi) is 4.79. The van der Waals surface area contributed by atoms with Crippen LogP contribution in [0.15, 0.2) is 17.5 Å².